The summed E-state index contributed by atoms with van der Waals surface area (Å²) in [6, 6.07) is 5.47. The zero-order chi connectivity index (χ0) is 13.4. The smallest absolute Gasteiger partial charge is 0.237 e. The van der Waals surface area contributed by atoms with Crippen LogP contribution in [0.15, 0.2) is 24.4 Å². The first-order valence-electron chi connectivity index (χ1n) is 6.58. The Balaban J connectivity index is 2.20. The molecule has 3 N–H and O–H groups in total. The number of aryl methyl sites for hydroxylation is 1. The minimum absolute atomic E-state index is 0.0506. The number of nitrogens with two attached hydrogens (primary N) is 1. The first-order valence-corrected chi connectivity index (χ1v) is 6.58. The van der Waals surface area contributed by atoms with E-state index in [-0.39, 0.29) is 11.8 Å². The summed E-state index contributed by atoms with van der Waals surface area (Å²) in [5.41, 5.74) is 6.89. The molecule has 18 heavy (non-hydrogen) atoms. The Bertz CT molecular complexity index is 353. The average Bonchev–Trinajstić information content (AvgIpc) is 2.42. The normalized spacial score (nSPS) is 13.9. The Morgan fingerprint density at radius 3 is 2.89 bits per heavy atom. The third-order valence-corrected chi connectivity index (χ3v) is 3.19. The van der Waals surface area contributed by atoms with Gasteiger partial charge in [0.05, 0.1) is 6.04 Å². The van der Waals surface area contributed by atoms with Gasteiger partial charge in [0.1, 0.15) is 0 Å². The first-order chi connectivity index (χ1) is 8.65. The standard InChI is InChI=1S/C14H23N3O/c1-3-11(2)13(15)14(18)17-10-6-8-12-7-4-5-9-16-12/h4-5,7,9,11,13H,3,6,8,10,15H2,1-2H3,(H,17,18). The number of pyridine rings is 1. The van der Waals surface area contributed by atoms with E-state index in [2.05, 4.69) is 10.3 Å². The predicted molar refractivity (Wildman–Crippen MR) is 73.0 cm³/mol. The lowest BCUT2D eigenvalue weighted by Crippen LogP contribution is -2.44. The molecule has 0 saturated carbocycles. The van der Waals surface area contributed by atoms with Crippen molar-refractivity contribution in [3.63, 3.8) is 0 Å². The number of carbonyl (C=O) groups is 1. The van der Waals surface area contributed by atoms with Crippen molar-refractivity contribution in [1.29, 1.82) is 0 Å². The number of nitrogens with zero attached hydrogens (tertiary/aromatic N) is 1. The summed E-state index contributed by atoms with van der Waals surface area (Å²) < 4.78 is 0. The van der Waals surface area contributed by atoms with Gasteiger partial charge in [0, 0.05) is 18.4 Å². The molecular weight excluding hydrogens is 226 g/mol. The Morgan fingerprint density at radius 2 is 2.28 bits per heavy atom. The monoisotopic (exact) mass is 249 g/mol. The molecule has 0 aliphatic heterocycles. The highest BCUT2D eigenvalue weighted by molar-refractivity contribution is 5.81. The van der Waals surface area contributed by atoms with E-state index in [0.717, 1.165) is 25.0 Å². The van der Waals surface area contributed by atoms with Crippen molar-refractivity contribution < 1.29 is 4.79 Å². The van der Waals surface area contributed by atoms with Gasteiger partial charge < -0.3 is 11.1 Å². The molecule has 0 aromatic carbocycles. The van der Waals surface area contributed by atoms with Crippen molar-refractivity contribution in [2.75, 3.05) is 6.54 Å². The Kier molecular flexibility index (Phi) is 6.36. The van der Waals surface area contributed by atoms with Gasteiger partial charge in [0.2, 0.25) is 5.91 Å². The van der Waals surface area contributed by atoms with Crippen LogP contribution >= 0.6 is 0 Å². The number of rotatable bonds is 7. The second-order valence-electron chi connectivity index (χ2n) is 4.63. The van der Waals surface area contributed by atoms with Crippen LogP contribution in [-0.2, 0) is 11.2 Å². The van der Waals surface area contributed by atoms with Gasteiger partial charge in [0.25, 0.3) is 0 Å². The fourth-order valence-corrected chi connectivity index (χ4v) is 1.66. The van der Waals surface area contributed by atoms with E-state index in [1.807, 2.05) is 32.0 Å². The number of hydrogen-bond donors (Lipinski definition) is 2. The fourth-order valence-electron chi connectivity index (χ4n) is 1.66. The van der Waals surface area contributed by atoms with Crippen LogP contribution in [0.2, 0.25) is 0 Å². The van der Waals surface area contributed by atoms with E-state index in [0.29, 0.717) is 6.54 Å². The molecule has 2 atom stereocenters. The van der Waals surface area contributed by atoms with Crippen LogP contribution < -0.4 is 11.1 Å². The molecule has 0 aliphatic rings. The summed E-state index contributed by atoms with van der Waals surface area (Å²) >= 11 is 0. The molecule has 0 spiro atoms. The third-order valence-electron chi connectivity index (χ3n) is 3.19. The number of nitrogens with one attached hydrogen (secondary N) is 1. The lowest BCUT2D eigenvalue weighted by molar-refractivity contribution is -0.123. The SMILES string of the molecule is CCC(C)C(N)C(=O)NCCCc1ccccn1. The van der Waals surface area contributed by atoms with Gasteiger partial charge in [-0.2, -0.15) is 0 Å². The highest BCUT2D eigenvalue weighted by Crippen LogP contribution is 2.05. The lowest BCUT2D eigenvalue weighted by Gasteiger charge is -2.17. The van der Waals surface area contributed by atoms with Crippen molar-refractivity contribution in [1.82, 2.24) is 10.3 Å². The first kappa shape index (κ1) is 14.6. The van der Waals surface area contributed by atoms with Crippen LogP contribution in [-0.4, -0.2) is 23.5 Å². The molecule has 1 aromatic heterocycles. The highest BCUT2D eigenvalue weighted by Gasteiger charge is 2.18. The van der Waals surface area contributed by atoms with E-state index in [1.165, 1.54) is 0 Å². The molecule has 1 rings (SSSR count). The van der Waals surface area contributed by atoms with Gasteiger partial charge >= 0.3 is 0 Å². The summed E-state index contributed by atoms with van der Waals surface area (Å²) in [6.45, 7) is 4.69. The number of aromatic nitrogens is 1. The number of amides is 1. The van der Waals surface area contributed by atoms with Crippen LogP contribution in [0, 0.1) is 5.92 Å². The number of hydrogen-bond acceptors (Lipinski definition) is 3. The Morgan fingerprint density at radius 1 is 1.50 bits per heavy atom. The molecular formula is C14H23N3O. The van der Waals surface area contributed by atoms with E-state index in [1.54, 1.807) is 6.20 Å². The topological polar surface area (TPSA) is 68.0 Å². The largest absolute Gasteiger partial charge is 0.355 e. The maximum absolute atomic E-state index is 11.7. The summed E-state index contributed by atoms with van der Waals surface area (Å²) in [5.74, 6) is 0.172. The van der Waals surface area contributed by atoms with E-state index < -0.39 is 6.04 Å². The molecule has 1 heterocycles. The molecule has 0 radical (unpaired) electrons. The molecule has 4 nitrogen and oxygen atoms in total. The summed E-state index contributed by atoms with van der Waals surface area (Å²) in [5, 5.41) is 2.88. The van der Waals surface area contributed by atoms with Crippen molar-refractivity contribution >= 4 is 5.91 Å². The highest BCUT2D eigenvalue weighted by atomic mass is 16.2. The van der Waals surface area contributed by atoms with Gasteiger partial charge in [-0.25, -0.2) is 0 Å². The summed E-state index contributed by atoms with van der Waals surface area (Å²) in [4.78, 5) is 15.9. The summed E-state index contributed by atoms with van der Waals surface area (Å²) in [7, 11) is 0. The molecule has 0 saturated heterocycles. The fraction of sp³-hybridized carbons (Fsp3) is 0.571. The van der Waals surface area contributed by atoms with Crippen LogP contribution in [0.3, 0.4) is 0 Å². The van der Waals surface area contributed by atoms with E-state index >= 15 is 0 Å². The molecule has 1 amide bonds. The zero-order valence-electron chi connectivity index (χ0n) is 11.2. The molecule has 1 aromatic rings. The van der Waals surface area contributed by atoms with Crippen molar-refractivity contribution in [3.05, 3.63) is 30.1 Å². The second-order valence-corrected chi connectivity index (χ2v) is 4.63. The van der Waals surface area contributed by atoms with Crippen LogP contribution in [0.25, 0.3) is 0 Å². The molecule has 0 aliphatic carbocycles. The minimum Gasteiger partial charge on any atom is -0.355 e. The molecule has 100 valence electrons. The van der Waals surface area contributed by atoms with Crippen molar-refractivity contribution in [2.24, 2.45) is 11.7 Å². The van der Waals surface area contributed by atoms with Gasteiger partial charge in [-0.05, 0) is 30.9 Å². The molecule has 4 heteroatoms. The predicted octanol–water partition coefficient (Wildman–Crippen LogP) is 1.50. The van der Waals surface area contributed by atoms with Crippen molar-refractivity contribution in [3.8, 4) is 0 Å². The average molecular weight is 249 g/mol. The van der Waals surface area contributed by atoms with E-state index in [9.17, 15) is 4.79 Å². The van der Waals surface area contributed by atoms with Gasteiger partial charge in [-0.3, -0.25) is 9.78 Å². The minimum atomic E-state index is -0.398. The summed E-state index contributed by atoms with van der Waals surface area (Å²) in [6.07, 6.45) is 4.46. The lowest BCUT2D eigenvalue weighted by atomic mass is 9.99. The Hall–Kier alpha value is -1.42. The van der Waals surface area contributed by atoms with Crippen molar-refractivity contribution in [2.45, 2.75) is 39.2 Å². The molecule has 2 unspecified atom stereocenters. The molecule has 0 fully saturated rings. The third kappa shape index (κ3) is 4.84. The zero-order valence-corrected chi connectivity index (χ0v) is 11.2. The van der Waals surface area contributed by atoms with Crippen LogP contribution in [0.5, 0.6) is 0 Å². The van der Waals surface area contributed by atoms with Gasteiger partial charge in [0.15, 0.2) is 0 Å². The quantitative estimate of drug-likeness (QED) is 0.720. The number of carbonyl (C=O) groups excluding carboxylic acids is 1. The Labute approximate surface area is 109 Å². The maximum atomic E-state index is 11.7. The van der Waals surface area contributed by atoms with Gasteiger partial charge in [-0.15, -0.1) is 0 Å². The second kappa shape index (κ2) is 7.82. The van der Waals surface area contributed by atoms with Crippen LogP contribution in [0.1, 0.15) is 32.4 Å². The molecule has 0 bridgehead atoms. The maximum Gasteiger partial charge on any atom is 0.237 e. The van der Waals surface area contributed by atoms with Gasteiger partial charge in [-0.1, -0.05) is 26.3 Å². The van der Waals surface area contributed by atoms with E-state index in [4.69, 9.17) is 5.73 Å². The van der Waals surface area contributed by atoms with Crippen LogP contribution in [0.4, 0.5) is 0 Å².